The lowest BCUT2D eigenvalue weighted by molar-refractivity contribution is 0.669. The number of aromatic nitrogens is 5. The molecule has 0 N–H and O–H groups in total. The van der Waals surface area contributed by atoms with Gasteiger partial charge in [0.2, 0.25) is 0 Å². The maximum atomic E-state index is 6.35. The Labute approximate surface area is 361 Å². The average Bonchev–Trinajstić information content (AvgIpc) is 4.02. The Bertz CT molecular complexity index is 3840. The molecule has 0 spiro atoms. The third-order valence-corrected chi connectivity index (χ3v) is 12.4. The monoisotopic (exact) mass is 805 g/mol. The summed E-state index contributed by atoms with van der Waals surface area (Å²) in [5.74, 6) is 1.51. The van der Waals surface area contributed by atoms with Gasteiger partial charge in [-0.2, -0.15) is 0 Å². The molecule has 0 unspecified atom stereocenters. The number of benzene rings is 8. The van der Waals surface area contributed by atoms with E-state index >= 15 is 0 Å². The Kier molecular flexibility index (Phi) is 7.80. The number of pyridine rings is 1. The van der Waals surface area contributed by atoms with Gasteiger partial charge in [0, 0.05) is 61.6 Å². The highest BCUT2D eigenvalue weighted by molar-refractivity contribution is 6.13. The molecule has 0 saturated carbocycles. The van der Waals surface area contributed by atoms with E-state index in [1.165, 1.54) is 16.2 Å². The molecule has 6 nitrogen and oxygen atoms in total. The van der Waals surface area contributed by atoms with Gasteiger partial charge in [-0.05, 0) is 77.4 Å². The van der Waals surface area contributed by atoms with Crippen LogP contribution in [0.25, 0.3) is 122 Å². The zero-order valence-electron chi connectivity index (χ0n) is 33.9. The molecule has 0 radical (unpaired) electrons. The van der Waals surface area contributed by atoms with Crippen molar-refractivity contribution in [1.29, 1.82) is 0 Å². The van der Waals surface area contributed by atoms with Crippen molar-refractivity contribution in [3.8, 4) is 56.4 Å². The Morgan fingerprint density at radius 3 is 1.78 bits per heavy atom. The van der Waals surface area contributed by atoms with E-state index in [0.29, 0.717) is 5.82 Å². The summed E-state index contributed by atoms with van der Waals surface area (Å²) in [6, 6.07) is 72.6. The van der Waals surface area contributed by atoms with E-state index in [1.54, 1.807) is 0 Å². The minimum atomic E-state index is 0.689. The normalized spacial score (nSPS) is 11.8. The van der Waals surface area contributed by atoms with Crippen molar-refractivity contribution < 1.29 is 4.42 Å². The molecule has 8 aromatic carbocycles. The van der Waals surface area contributed by atoms with Crippen LogP contribution in [0.15, 0.2) is 217 Å². The van der Waals surface area contributed by atoms with Gasteiger partial charge in [-0.15, -0.1) is 0 Å². The summed E-state index contributed by atoms with van der Waals surface area (Å²) in [5, 5.41) is 5.78. The lowest BCUT2D eigenvalue weighted by Crippen LogP contribution is -2.02. The van der Waals surface area contributed by atoms with Crippen LogP contribution in [0.5, 0.6) is 0 Å². The van der Waals surface area contributed by atoms with E-state index in [0.717, 1.165) is 100 Å². The summed E-state index contributed by atoms with van der Waals surface area (Å²) in [7, 11) is 0. The summed E-state index contributed by atoms with van der Waals surface area (Å²) < 4.78 is 11.0. The van der Waals surface area contributed by atoms with Crippen molar-refractivity contribution in [2.45, 2.75) is 0 Å². The minimum Gasteiger partial charge on any atom is -0.454 e. The maximum Gasteiger partial charge on any atom is 0.162 e. The second-order valence-corrected chi connectivity index (χ2v) is 16.0. The van der Waals surface area contributed by atoms with E-state index in [2.05, 4.69) is 172 Å². The molecule has 6 heteroatoms. The molecule has 0 fully saturated rings. The van der Waals surface area contributed by atoms with Crippen LogP contribution in [-0.4, -0.2) is 24.1 Å². The summed E-state index contributed by atoms with van der Waals surface area (Å²) in [6.45, 7) is 0. The highest BCUT2D eigenvalue weighted by Crippen LogP contribution is 2.40. The van der Waals surface area contributed by atoms with Gasteiger partial charge in [-0.1, -0.05) is 140 Å². The molecule has 13 aromatic rings. The molecule has 0 saturated heterocycles. The maximum absolute atomic E-state index is 6.35. The van der Waals surface area contributed by atoms with E-state index < -0.39 is 0 Å². The van der Waals surface area contributed by atoms with E-state index in [4.69, 9.17) is 14.4 Å². The predicted octanol–water partition coefficient (Wildman–Crippen LogP) is 14.6. The standard InChI is InChI=1S/C57H35N5O/c1-3-13-37(14-4-1)48-35-54(60-57(59-48)38-15-5-2-6-16-38)62-50-21-11-8-18-44(50)47-33-39(26-30-51(47)62)40-25-29-45-43-17-7-10-20-49(43)61(52(45)34-40)41-27-23-36(24-28-41)42-31-32-58-55-46-19-9-12-22-53(46)63-56(42)55/h1-35H. The van der Waals surface area contributed by atoms with Crippen LogP contribution in [0.3, 0.4) is 0 Å². The van der Waals surface area contributed by atoms with Crippen molar-refractivity contribution in [3.05, 3.63) is 212 Å². The van der Waals surface area contributed by atoms with Crippen LogP contribution in [0.1, 0.15) is 0 Å². The van der Waals surface area contributed by atoms with Gasteiger partial charge in [0.15, 0.2) is 11.4 Å². The zero-order valence-corrected chi connectivity index (χ0v) is 33.9. The second-order valence-electron chi connectivity index (χ2n) is 16.0. The van der Waals surface area contributed by atoms with Crippen molar-refractivity contribution in [3.63, 3.8) is 0 Å². The molecule has 0 aliphatic rings. The Morgan fingerprint density at radius 1 is 0.381 bits per heavy atom. The molecule has 0 aliphatic carbocycles. The van der Waals surface area contributed by atoms with Crippen LogP contribution < -0.4 is 0 Å². The largest absolute Gasteiger partial charge is 0.454 e. The van der Waals surface area contributed by atoms with Crippen molar-refractivity contribution in [2.75, 3.05) is 0 Å². The van der Waals surface area contributed by atoms with Crippen molar-refractivity contribution >= 4 is 65.7 Å². The molecule has 13 rings (SSSR count). The van der Waals surface area contributed by atoms with Gasteiger partial charge in [-0.25, -0.2) is 9.97 Å². The fourth-order valence-corrected chi connectivity index (χ4v) is 9.47. The number of rotatable bonds is 6. The lowest BCUT2D eigenvalue weighted by Gasteiger charge is -2.12. The van der Waals surface area contributed by atoms with E-state index in [-0.39, 0.29) is 0 Å². The van der Waals surface area contributed by atoms with Crippen LogP contribution >= 0.6 is 0 Å². The number of para-hydroxylation sites is 3. The highest BCUT2D eigenvalue weighted by atomic mass is 16.3. The fourth-order valence-electron chi connectivity index (χ4n) is 9.47. The number of nitrogens with zero attached hydrogens (tertiary/aromatic N) is 5. The molecular formula is C57H35N5O. The third-order valence-electron chi connectivity index (χ3n) is 12.4. The van der Waals surface area contributed by atoms with Crippen molar-refractivity contribution in [1.82, 2.24) is 24.1 Å². The lowest BCUT2D eigenvalue weighted by atomic mass is 10.0. The van der Waals surface area contributed by atoms with E-state index in [1.807, 2.05) is 54.7 Å². The third kappa shape index (κ3) is 5.62. The summed E-state index contributed by atoms with van der Waals surface area (Å²) >= 11 is 0. The zero-order chi connectivity index (χ0) is 41.4. The predicted molar refractivity (Wildman–Crippen MR) is 258 cm³/mol. The first-order valence-electron chi connectivity index (χ1n) is 21.2. The van der Waals surface area contributed by atoms with Gasteiger partial charge in [0.25, 0.3) is 0 Å². The summed E-state index contributed by atoms with van der Waals surface area (Å²) in [4.78, 5) is 15.0. The first kappa shape index (κ1) is 35.2. The Hall–Kier alpha value is -8.61. The van der Waals surface area contributed by atoms with Crippen molar-refractivity contribution in [2.24, 2.45) is 0 Å². The summed E-state index contributed by atoms with van der Waals surface area (Å²) in [6.07, 6.45) is 1.87. The molecule has 5 aromatic heterocycles. The molecule has 0 amide bonds. The topological polar surface area (TPSA) is 61.7 Å². The minimum absolute atomic E-state index is 0.689. The molecule has 0 aliphatic heterocycles. The van der Waals surface area contributed by atoms with Crippen LogP contribution in [0, 0.1) is 0 Å². The van der Waals surface area contributed by atoms with Crippen LogP contribution in [-0.2, 0) is 0 Å². The van der Waals surface area contributed by atoms with E-state index in [9.17, 15) is 0 Å². The number of fused-ring (bicyclic) bond motifs is 9. The van der Waals surface area contributed by atoms with Crippen LogP contribution in [0.4, 0.5) is 0 Å². The SMILES string of the molecule is c1ccc(-c2cc(-n3c4ccccc4c4cc(-c5ccc6c7ccccc7n(-c7ccc(-c8ccnc9c8oc8ccccc89)cc7)c6c5)ccc43)nc(-c3ccccc3)n2)cc1. The summed E-state index contributed by atoms with van der Waals surface area (Å²) in [5.41, 5.74) is 15.4. The fraction of sp³-hybridized carbons (Fsp3) is 0. The molecule has 0 atom stereocenters. The molecule has 63 heavy (non-hydrogen) atoms. The van der Waals surface area contributed by atoms with Gasteiger partial charge in [-0.3, -0.25) is 9.55 Å². The molecule has 5 heterocycles. The van der Waals surface area contributed by atoms with Gasteiger partial charge >= 0.3 is 0 Å². The van der Waals surface area contributed by atoms with Gasteiger partial charge in [0.1, 0.15) is 16.9 Å². The van der Waals surface area contributed by atoms with Crippen LogP contribution in [0.2, 0.25) is 0 Å². The Balaban J connectivity index is 0.947. The average molecular weight is 806 g/mol. The number of furan rings is 1. The highest BCUT2D eigenvalue weighted by Gasteiger charge is 2.19. The first-order chi connectivity index (χ1) is 31.2. The smallest absolute Gasteiger partial charge is 0.162 e. The van der Waals surface area contributed by atoms with Gasteiger partial charge in [0.05, 0.1) is 27.8 Å². The second kappa shape index (κ2) is 14.0. The van der Waals surface area contributed by atoms with Gasteiger partial charge < -0.3 is 8.98 Å². The number of hydrogen-bond donors (Lipinski definition) is 0. The molecule has 294 valence electrons. The first-order valence-corrected chi connectivity index (χ1v) is 21.2. The quantitative estimate of drug-likeness (QED) is 0.168. The number of hydrogen-bond acceptors (Lipinski definition) is 4. The Morgan fingerprint density at radius 2 is 0.984 bits per heavy atom. The molecule has 0 bridgehead atoms. The molecular weight excluding hydrogens is 771 g/mol.